The van der Waals surface area contributed by atoms with Gasteiger partial charge in [-0.25, -0.2) is 4.79 Å². The SMILES string of the molecule is CC(=O)OOc1cc(Cl)c2c(=O)c(-c3ccccc3C)coc2c1. The quantitative estimate of drug-likeness (QED) is 0.524. The molecule has 122 valence electrons. The average molecular weight is 345 g/mol. The maximum absolute atomic E-state index is 12.8. The summed E-state index contributed by atoms with van der Waals surface area (Å²) in [6.07, 6.45) is 1.39. The maximum atomic E-state index is 12.8. The van der Waals surface area contributed by atoms with Crippen LogP contribution in [-0.4, -0.2) is 5.97 Å². The number of aryl methyl sites for hydroxylation is 1. The van der Waals surface area contributed by atoms with Crippen LogP contribution in [0, 0.1) is 6.92 Å². The van der Waals surface area contributed by atoms with Crippen molar-refractivity contribution in [1.82, 2.24) is 0 Å². The summed E-state index contributed by atoms with van der Waals surface area (Å²) in [6, 6.07) is 10.3. The second-order valence-corrected chi connectivity index (χ2v) is 5.64. The minimum absolute atomic E-state index is 0.152. The lowest BCUT2D eigenvalue weighted by molar-refractivity contribution is -0.210. The third kappa shape index (κ3) is 2.98. The zero-order valence-electron chi connectivity index (χ0n) is 13.0. The van der Waals surface area contributed by atoms with Crippen LogP contribution >= 0.6 is 11.6 Å². The smallest absolute Gasteiger partial charge is 0.352 e. The number of halogens is 1. The topological polar surface area (TPSA) is 65.7 Å². The van der Waals surface area contributed by atoms with Gasteiger partial charge in [-0.2, -0.15) is 0 Å². The fraction of sp³-hybridized carbons (Fsp3) is 0.111. The molecule has 0 atom stereocenters. The van der Waals surface area contributed by atoms with Crippen molar-refractivity contribution >= 4 is 28.5 Å². The van der Waals surface area contributed by atoms with Crippen LogP contribution in [0.4, 0.5) is 0 Å². The predicted octanol–water partition coefficient (Wildman–Crippen LogP) is 4.28. The van der Waals surface area contributed by atoms with Crippen molar-refractivity contribution in [1.29, 1.82) is 0 Å². The Kier molecular flexibility index (Phi) is 4.27. The molecule has 0 bridgehead atoms. The zero-order chi connectivity index (χ0) is 17.3. The van der Waals surface area contributed by atoms with E-state index in [1.807, 2.05) is 31.2 Å². The number of fused-ring (bicyclic) bond motifs is 1. The summed E-state index contributed by atoms with van der Waals surface area (Å²) in [5.41, 5.74) is 2.16. The van der Waals surface area contributed by atoms with E-state index < -0.39 is 5.97 Å². The second kappa shape index (κ2) is 6.37. The van der Waals surface area contributed by atoms with Gasteiger partial charge in [0.05, 0.1) is 16.0 Å². The lowest BCUT2D eigenvalue weighted by Gasteiger charge is -2.08. The minimum atomic E-state index is -0.609. The standard InChI is InChI=1S/C18H13ClO5/c1-10-5-3-4-6-13(10)14-9-22-16-8-12(24-23-11(2)20)7-15(19)17(16)18(14)21/h3-9H,1-2H3. The summed E-state index contributed by atoms with van der Waals surface area (Å²) in [5, 5.41) is 0.395. The van der Waals surface area contributed by atoms with Gasteiger partial charge in [0.2, 0.25) is 5.43 Å². The van der Waals surface area contributed by atoms with E-state index in [1.54, 1.807) is 0 Å². The molecule has 1 heterocycles. The number of carbonyl (C=O) groups is 1. The summed E-state index contributed by atoms with van der Waals surface area (Å²) in [4.78, 5) is 32.9. The van der Waals surface area contributed by atoms with Crippen molar-refractivity contribution in [3.05, 3.63) is 63.5 Å². The van der Waals surface area contributed by atoms with Gasteiger partial charge in [-0.3, -0.25) is 14.6 Å². The van der Waals surface area contributed by atoms with Crippen molar-refractivity contribution < 1.29 is 19.0 Å². The predicted molar refractivity (Wildman–Crippen MR) is 90.1 cm³/mol. The molecule has 0 amide bonds. The lowest BCUT2D eigenvalue weighted by atomic mass is 10.0. The molecule has 0 fully saturated rings. The van der Waals surface area contributed by atoms with Crippen LogP contribution in [0.5, 0.6) is 5.75 Å². The number of hydrogen-bond donors (Lipinski definition) is 0. The summed E-state index contributed by atoms with van der Waals surface area (Å²) >= 11 is 6.20. The molecule has 1 aromatic heterocycles. The molecule has 5 nitrogen and oxygen atoms in total. The van der Waals surface area contributed by atoms with Crippen LogP contribution in [0.1, 0.15) is 12.5 Å². The van der Waals surface area contributed by atoms with Crippen LogP contribution in [0.25, 0.3) is 22.1 Å². The first-order chi connectivity index (χ1) is 11.5. The van der Waals surface area contributed by atoms with Gasteiger partial charge in [0.15, 0.2) is 5.75 Å². The molecule has 0 saturated carbocycles. The molecule has 2 aromatic carbocycles. The van der Waals surface area contributed by atoms with E-state index in [4.69, 9.17) is 20.9 Å². The molecule has 0 aliphatic carbocycles. The average Bonchev–Trinajstić information content (AvgIpc) is 2.54. The third-order valence-corrected chi connectivity index (χ3v) is 3.79. The Bertz CT molecular complexity index is 990. The molecule has 0 saturated heterocycles. The lowest BCUT2D eigenvalue weighted by Crippen LogP contribution is -2.07. The number of rotatable bonds is 3. The van der Waals surface area contributed by atoms with E-state index >= 15 is 0 Å². The van der Waals surface area contributed by atoms with Crippen molar-refractivity contribution in [2.75, 3.05) is 0 Å². The van der Waals surface area contributed by atoms with Crippen LogP contribution in [-0.2, 0) is 9.68 Å². The van der Waals surface area contributed by atoms with Gasteiger partial charge in [0.1, 0.15) is 11.8 Å². The fourth-order valence-electron chi connectivity index (χ4n) is 2.40. The molecule has 0 N–H and O–H groups in total. The van der Waals surface area contributed by atoms with Crippen molar-refractivity contribution in [2.24, 2.45) is 0 Å². The maximum Gasteiger partial charge on any atom is 0.352 e. The van der Waals surface area contributed by atoms with Crippen molar-refractivity contribution in [2.45, 2.75) is 13.8 Å². The second-order valence-electron chi connectivity index (χ2n) is 5.23. The zero-order valence-corrected chi connectivity index (χ0v) is 13.7. The molecule has 24 heavy (non-hydrogen) atoms. The van der Waals surface area contributed by atoms with E-state index in [1.165, 1.54) is 25.3 Å². The van der Waals surface area contributed by atoms with Crippen LogP contribution in [0.2, 0.25) is 5.02 Å². The van der Waals surface area contributed by atoms with Crippen LogP contribution in [0.15, 0.2) is 51.9 Å². The number of carbonyl (C=O) groups excluding carboxylic acids is 1. The van der Waals surface area contributed by atoms with E-state index in [0.29, 0.717) is 5.56 Å². The highest BCUT2D eigenvalue weighted by Gasteiger charge is 2.15. The third-order valence-electron chi connectivity index (χ3n) is 3.49. The van der Waals surface area contributed by atoms with Crippen LogP contribution in [0.3, 0.4) is 0 Å². The highest BCUT2D eigenvalue weighted by molar-refractivity contribution is 6.35. The Morgan fingerprint density at radius 3 is 2.62 bits per heavy atom. The summed E-state index contributed by atoms with van der Waals surface area (Å²) < 4.78 is 5.56. The van der Waals surface area contributed by atoms with E-state index in [2.05, 4.69) is 4.89 Å². The molecular formula is C18H13ClO5. The summed E-state index contributed by atoms with van der Waals surface area (Å²) in [7, 11) is 0. The molecule has 0 aliphatic rings. The Morgan fingerprint density at radius 2 is 1.92 bits per heavy atom. The molecule has 0 radical (unpaired) electrons. The Morgan fingerprint density at radius 1 is 1.17 bits per heavy atom. The van der Waals surface area contributed by atoms with Crippen molar-refractivity contribution in [3.63, 3.8) is 0 Å². The van der Waals surface area contributed by atoms with Crippen molar-refractivity contribution in [3.8, 4) is 16.9 Å². The Balaban J connectivity index is 2.15. The molecule has 0 spiro atoms. The number of benzene rings is 2. The van der Waals surface area contributed by atoms with Gasteiger partial charge >= 0.3 is 5.97 Å². The van der Waals surface area contributed by atoms with E-state index in [9.17, 15) is 9.59 Å². The van der Waals surface area contributed by atoms with Gasteiger partial charge in [-0.15, -0.1) is 0 Å². The van der Waals surface area contributed by atoms with Gasteiger partial charge in [0.25, 0.3) is 0 Å². The van der Waals surface area contributed by atoms with E-state index in [0.717, 1.165) is 11.1 Å². The van der Waals surface area contributed by atoms with E-state index in [-0.39, 0.29) is 27.2 Å². The first-order valence-electron chi connectivity index (χ1n) is 7.13. The molecule has 0 aliphatic heterocycles. The molecule has 3 rings (SSSR count). The molecule has 3 aromatic rings. The van der Waals surface area contributed by atoms with Crippen LogP contribution < -0.4 is 10.3 Å². The normalized spacial score (nSPS) is 10.6. The minimum Gasteiger partial charge on any atom is -0.463 e. The van der Waals surface area contributed by atoms with Gasteiger partial charge in [-0.1, -0.05) is 35.9 Å². The summed E-state index contributed by atoms with van der Waals surface area (Å²) in [5.74, 6) is -0.447. The first kappa shape index (κ1) is 16.1. The van der Waals surface area contributed by atoms with Gasteiger partial charge in [0, 0.05) is 19.1 Å². The Labute approximate surface area is 142 Å². The first-order valence-corrected chi connectivity index (χ1v) is 7.51. The monoisotopic (exact) mass is 344 g/mol. The largest absolute Gasteiger partial charge is 0.463 e. The summed E-state index contributed by atoms with van der Waals surface area (Å²) in [6.45, 7) is 3.12. The number of hydrogen-bond acceptors (Lipinski definition) is 5. The molecule has 6 heteroatoms. The van der Waals surface area contributed by atoms with Gasteiger partial charge in [-0.05, 0) is 18.1 Å². The molecule has 0 unspecified atom stereocenters. The van der Waals surface area contributed by atoms with Gasteiger partial charge < -0.3 is 4.42 Å². The highest BCUT2D eigenvalue weighted by Crippen LogP contribution is 2.30. The highest BCUT2D eigenvalue weighted by atomic mass is 35.5. The molecular weight excluding hydrogens is 332 g/mol. The Hall–Kier alpha value is -2.79. The fourth-order valence-corrected chi connectivity index (χ4v) is 2.68.